The Labute approximate surface area is 111 Å². The molecule has 0 saturated carbocycles. The van der Waals surface area contributed by atoms with Gasteiger partial charge >= 0.3 is 0 Å². The van der Waals surface area contributed by atoms with E-state index in [9.17, 15) is 9.59 Å². The van der Waals surface area contributed by atoms with E-state index in [-0.39, 0.29) is 18.4 Å². The molecule has 2 rings (SSSR count). The summed E-state index contributed by atoms with van der Waals surface area (Å²) in [6, 6.07) is 3.49. The molecule has 0 radical (unpaired) electrons. The number of rotatable bonds is 4. The van der Waals surface area contributed by atoms with Crippen LogP contribution in [0.4, 0.5) is 0 Å². The first-order valence-corrected chi connectivity index (χ1v) is 6.23. The lowest BCUT2D eigenvalue weighted by Crippen LogP contribution is -2.49. The number of hydrogen-bond acceptors (Lipinski definition) is 4. The maximum absolute atomic E-state index is 11.8. The van der Waals surface area contributed by atoms with Crippen LogP contribution in [0.3, 0.4) is 0 Å². The minimum absolute atomic E-state index is 0.0291. The average Bonchev–Trinajstić information content (AvgIpc) is 2.96. The first-order valence-electron chi connectivity index (χ1n) is 6.23. The highest BCUT2D eigenvalue weighted by Gasteiger charge is 2.15. The van der Waals surface area contributed by atoms with Gasteiger partial charge in [0, 0.05) is 32.3 Å². The number of furan rings is 1. The zero-order valence-electron chi connectivity index (χ0n) is 10.6. The van der Waals surface area contributed by atoms with Gasteiger partial charge in [0.2, 0.25) is 11.8 Å². The molecule has 2 N–H and O–H groups in total. The van der Waals surface area contributed by atoms with E-state index in [1.807, 2.05) is 0 Å². The van der Waals surface area contributed by atoms with Crippen LogP contribution < -0.4 is 10.6 Å². The standard InChI is InChI=1S/C13H17N3O3/c17-12(4-3-11-2-1-9-19-11)15-10-13(18)16-7-5-14-6-8-16/h1-4,9,14H,5-8,10H2,(H,15,17)/b4-3+. The number of carbonyl (C=O) groups is 2. The van der Waals surface area contributed by atoms with Gasteiger partial charge in [-0.1, -0.05) is 0 Å². The Morgan fingerprint density at radius 1 is 1.42 bits per heavy atom. The average molecular weight is 263 g/mol. The highest BCUT2D eigenvalue weighted by molar-refractivity contribution is 5.94. The molecular formula is C13H17N3O3. The van der Waals surface area contributed by atoms with E-state index < -0.39 is 0 Å². The maximum Gasteiger partial charge on any atom is 0.244 e. The summed E-state index contributed by atoms with van der Waals surface area (Å²) in [5, 5.41) is 5.73. The molecule has 0 bridgehead atoms. The maximum atomic E-state index is 11.8. The quantitative estimate of drug-likeness (QED) is 0.740. The van der Waals surface area contributed by atoms with Gasteiger partial charge < -0.3 is 20.0 Å². The van der Waals surface area contributed by atoms with Crippen molar-refractivity contribution in [2.75, 3.05) is 32.7 Å². The summed E-state index contributed by atoms with van der Waals surface area (Å²) in [5.74, 6) is 0.240. The highest BCUT2D eigenvalue weighted by atomic mass is 16.3. The number of amides is 2. The summed E-state index contributed by atoms with van der Waals surface area (Å²) < 4.78 is 5.06. The fourth-order valence-electron chi connectivity index (χ4n) is 1.79. The summed E-state index contributed by atoms with van der Waals surface area (Å²) >= 11 is 0. The van der Waals surface area contributed by atoms with Gasteiger partial charge in [-0.3, -0.25) is 9.59 Å². The van der Waals surface area contributed by atoms with E-state index >= 15 is 0 Å². The van der Waals surface area contributed by atoms with Crippen molar-refractivity contribution < 1.29 is 14.0 Å². The Morgan fingerprint density at radius 2 is 2.21 bits per heavy atom. The fourth-order valence-corrected chi connectivity index (χ4v) is 1.79. The zero-order valence-corrected chi connectivity index (χ0v) is 10.6. The van der Waals surface area contributed by atoms with Crippen LogP contribution in [-0.2, 0) is 9.59 Å². The Kier molecular flexibility index (Phi) is 4.74. The molecule has 1 aromatic rings. The number of piperazine rings is 1. The van der Waals surface area contributed by atoms with Crippen molar-refractivity contribution in [1.29, 1.82) is 0 Å². The smallest absolute Gasteiger partial charge is 0.244 e. The fraction of sp³-hybridized carbons (Fsp3) is 0.385. The number of carbonyl (C=O) groups excluding carboxylic acids is 2. The summed E-state index contributed by atoms with van der Waals surface area (Å²) in [5.41, 5.74) is 0. The van der Waals surface area contributed by atoms with Crippen molar-refractivity contribution in [2.45, 2.75) is 0 Å². The lowest BCUT2D eigenvalue weighted by atomic mass is 10.3. The molecule has 0 unspecified atom stereocenters. The molecule has 1 fully saturated rings. The monoisotopic (exact) mass is 263 g/mol. The molecule has 102 valence electrons. The first-order chi connectivity index (χ1) is 9.25. The largest absolute Gasteiger partial charge is 0.465 e. The minimum atomic E-state index is -0.306. The van der Waals surface area contributed by atoms with Gasteiger partial charge in [0.05, 0.1) is 12.8 Å². The number of hydrogen-bond donors (Lipinski definition) is 2. The van der Waals surface area contributed by atoms with Crippen molar-refractivity contribution in [3.8, 4) is 0 Å². The van der Waals surface area contributed by atoms with Crippen LogP contribution in [0.2, 0.25) is 0 Å². The molecule has 6 nitrogen and oxygen atoms in total. The SMILES string of the molecule is O=C(/C=C/c1ccco1)NCC(=O)N1CCNCC1. The normalized spacial score (nSPS) is 15.7. The van der Waals surface area contributed by atoms with E-state index in [2.05, 4.69) is 10.6 Å². The van der Waals surface area contributed by atoms with Gasteiger partial charge in [-0.05, 0) is 18.2 Å². The number of nitrogens with zero attached hydrogens (tertiary/aromatic N) is 1. The third-order valence-corrected chi connectivity index (χ3v) is 2.83. The van der Waals surface area contributed by atoms with Crippen molar-refractivity contribution in [3.63, 3.8) is 0 Å². The third kappa shape index (κ3) is 4.26. The second kappa shape index (κ2) is 6.75. The molecular weight excluding hydrogens is 246 g/mol. The van der Waals surface area contributed by atoms with Crippen LogP contribution in [0.15, 0.2) is 28.9 Å². The first kappa shape index (κ1) is 13.4. The van der Waals surface area contributed by atoms with E-state index in [0.29, 0.717) is 18.8 Å². The predicted octanol–water partition coefficient (Wildman–Crippen LogP) is -0.159. The minimum Gasteiger partial charge on any atom is -0.465 e. The molecule has 2 heterocycles. The van der Waals surface area contributed by atoms with Gasteiger partial charge in [-0.15, -0.1) is 0 Å². The molecule has 6 heteroatoms. The molecule has 1 saturated heterocycles. The summed E-state index contributed by atoms with van der Waals surface area (Å²) in [4.78, 5) is 25.0. The Balaban J connectivity index is 1.72. The van der Waals surface area contributed by atoms with Gasteiger partial charge in [0.1, 0.15) is 5.76 Å². The van der Waals surface area contributed by atoms with Gasteiger partial charge in [-0.25, -0.2) is 0 Å². The molecule has 19 heavy (non-hydrogen) atoms. The number of nitrogens with one attached hydrogen (secondary N) is 2. The molecule has 2 amide bonds. The van der Waals surface area contributed by atoms with Crippen LogP contribution in [-0.4, -0.2) is 49.4 Å². The molecule has 1 aliphatic heterocycles. The lowest BCUT2D eigenvalue weighted by molar-refractivity contribution is -0.132. The van der Waals surface area contributed by atoms with Gasteiger partial charge in [0.25, 0.3) is 0 Å². The lowest BCUT2D eigenvalue weighted by Gasteiger charge is -2.27. The van der Waals surface area contributed by atoms with Crippen LogP contribution in [0, 0.1) is 0 Å². The molecule has 0 aromatic carbocycles. The predicted molar refractivity (Wildman–Crippen MR) is 70.2 cm³/mol. The zero-order chi connectivity index (χ0) is 13.5. The molecule has 0 aliphatic carbocycles. The van der Waals surface area contributed by atoms with E-state index in [1.165, 1.54) is 12.3 Å². The molecule has 1 aromatic heterocycles. The Morgan fingerprint density at radius 3 is 2.89 bits per heavy atom. The summed E-state index contributed by atoms with van der Waals surface area (Å²) in [6.45, 7) is 3.02. The second-order valence-corrected chi connectivity index (χ2v) is 4.20. The second-order valence-electron chi connectivity index (χ2n) is 4.20. The van der Waals surface area contributed by atoms with Crippen LogP contribution in [0.25, 0.3) is 6.08 Å². The van der Waals surface area contributed by atoms with Crippen LogP contribution in [0.5, 0.6) is 0 Å². The molecule has 0 atom stereocenters. The van der Waals surface area contributed by atoms with Crippen LogP contribution in [0.1, 0.15) is 5.76 Å². The van der Waals surface area contributed by atoms with Crippen molar-refractivity contribution in [2.24, 2.45) is 0 Å². The van der Waals surface area contributed by atoms with Gasteiger partial charge in [0.15, 0.2) is 0 Å². The molecule has 1 aliphatic rings. The van der Waals surface area contributed by atoms with E-state index in [1.54, 1.807) is 23.1 Å². The van der Waals surface area contributed by atoms with E-state index in [4.69, 9.17) is 4.42 Å². The van der Waals surface area contributed by atoms with Gasteiger partial charge in [-0.2, -0.15) is 0 Å². The van der Waals surface area contributed by atoms with Crippen molar-refractivity contribution >= 4 is 17.9 Å². The summed E-state index contributed by atoms with van der Waals surface area (Å²) in [7, 11) is 0. The van der Waals surface area contributed by atoms with E-state index in [0.717, 1.165) is 13.1 Å². The Hall–Kier alpha value is -2.08. The Bertz CT molecular complexity index is 448. The third-order valence-electron chi connectivity index (χ3n) is 2.83. The highest BCUT2D eigenvalue weighted by Crippen LogP contribution is 2.01. The van der Waals surface area contributed by atoms with Crippen LogP contribution >= 0.6 is 0 Å². The topological polar surface area (TPSA) is 74.6 Å². The van der Waals surface area contributed by atoms with Crippen molar-refractivity contribution in [3.05, 3.63) is 30.2 Å². The molecule has 0 spiro atoms. The van der Waals surface area contributed by atoms with Crippen molar-refractivity contribution in [1.82, 2.24) is 15.5 Å². The summed E-state index contributed by atoms with van der Waals surface area (Å²) in [6.07, 6.45) is 4.44.